The molecule has 0 aliphatic carbocycles. The highest BCUT2D eigenvalue weighted by molar-refractivity contribution is 6.24. The average molecular weight is 718 g/mol. The Balaban J connectivity index is 1.08. The molecular weight excluding hydrogens is 687 g/mol. The first-order valence-electron chi connectivity index (χ1n) is 18.6. The van der Waals surface area contributed by atoms with E-state index in [-0.39, 0.29) is 0 Å². The van der Waals surface area contributed by atoms with E-state index in [1.807, 2.05) is 72.8 Å². The zero-order valence-corrected chi connectivity index (χ0v) is 30.0. The van der Waals surface area contributed by atoms with Gasteiger partial charge in [-0.2, -0.15) is 0 Å². The number of rotatable bonds is 6. The Bertz CT molecular complexity index is 3150. The van der Waals surface area contributed by atoms with E-state index in [2.05, 4.69) is 120 Å². The summed E-state index contributed by atoms with van der Waals surface area (Å²) in [5, 5.41) is 3.01. The lowest BCUT2D eigenvalue weighted by Crippen LogP contribution is -2.00. The molecule has 0 saturated heterocycles. The van der Waals surface area contributed by atoms with E-state index in [1.165, 1.54) is 0 Å². The fourth-order valence-corrected chi connectivity index (χ4v) is 7.78. The van der Waals surface area contributed by atoms with Gasteiger partial charge in [0, 0.05) is 38.7 Å². The lowest BCUT2D eigenvalue weighted by molar-refractivity contribution is 0.676. The topological polar surface area (TPSA) is 69.6 Å². The van der Waals surface area contributed by atoms with Gasteiger partial charge in [0.2, 0.25) is 0 Å². The maximum absolute atomic E-state index is 7.02. The van der Waals surface area contributed by atoms with Crippen LogP contribution in [0.5, 0.6) is 0 Å². The van der Waals surface area contributed by atoms with Crippen LogP contribution in [0.25, 0.3) is 106 Å². The zero-order chi connectivity index (χ0) is 37.0. The Morgan fingerprint density at radius 3 is 1.50 bits per heavy atom. The van der Waals surface area contributed by atoms with Crippen molar-refractivity contribution in [1.82, 2.24) is 24.5 Å². The Labute approximate surface area is 322 Å². The summed E-state index contributed by atoms with van der Waals surface area (Å²) in [5.74, 6) is 1.90. The molecule has 11 rings (SSSR count). The van der Waals surface area contributed by atoms with Crippen molar-refractivity contribution in [2.24, 2.45) is 0 Å². The third-order valence-corrected chi connectivity index (χ3v) is 10.4. The lowest BCUT2D eigenvalue weighted by atomic mass is 9.99. The number of nitrogens with zero attached hydrogens (tertiary/aromatic N) is 5. The number of benzene rings is 7. The minimum Gasteiger partial charge on any atom is -0.453 e. The molecule has 0 saturated carbocycles. The Morgan fingerprint density at radius 1 is 0.375 bits per heavy atom. The van der Waals surface area contributed by atoms with Crippen molar-refractivity contribution < 1.29 is 4.42 Å². The van der Waals surface area contributed by atoms with E-state index in [1.54, 1.807) is 0 Å². The predicted molar refractivity (Wildman–Crippen MR) is 226 cm³/mol. The summed E-state index contributed by atoms with van der Waals surface area (Å²) in [5.41, 5.74) is 12.6. The molecule has 0 N–H and O–H groups in total. The molecule has 7 aromatic carbocycles. The fourth-order valence-electron chi connectivity index (χ4n) is 7.78. The van der Waals surface area contributed by atoms with Gasteiger partial charge in [0.05, 0.1) is 22.1 Å². The summed E-state index contributed by atoms with van der Waals surface area (Å²) in [7, 11) is 0. The number of para-hydroxylation sites is 2. The average Bonchev–Trinajstić information content (AvgIpc) is 3.83. The van der Waals surface area contributed by atoms with Gasteiger partial charge in [0.1, 0.15) is 11.1 Å². The van der Waals surface area contributed by atoms with Crippen molar-refractivity contribution >= 4 is 43.9 Å². The quantitative estimate of drug-likeness (QED) is 0.171. The predicted octanol–water partition coefficient (Wildman–Crippen LogP) is 12.6. The molecule has 0 aliphatic heterocycles. The SMILES string of the molecule is c1ccc(-c2nc(-c3ccccc3)nc(-c3ccc(-c4ccc5nc(-c6ccccc6)c6c(oc7c8ccccc8n(-c8ccccc8)c76)c5c4)cc3)n2)cc1. The Kier molecular flexibility index (Phi) is 7.38. The lowest BCUT2D eigenvalue weighted by Gasteiger charge is -2.11. The second-order valence-electron chi connectivity index (χ2n) is 13.8. The highest BCUT2D eigenvalue weighted by Gasteiger charge is 2.25. The van der Waals surface area contributed by atoms with E-state index in [0.29, 0.717) is 17.5 Å². The summed E-state index contributed by atoms with van der Waals surface area (Å²) in [6, 6.07) is 64.3. The van der Waals surface area contributed by atoms with Crippen LogP contribution in [-0.2, 0) is 0 Å². The van der Waals surface area contributed by atoms with Crippen molar-refractivity contribution in [3.8, 4) is 62.2 Å². The molecule has 0 aliphatic rings. The summed E-state index contributed by atoms with van der Waals surface area (Å²) >= 11 is 0. The summed E-state index contributed by atoms with van der Waals surface area (Å²) in [6.07, 6.45) is 0. The molecule has 4 heterocycles. The Hall–Kier alpha value is -7.70. The van der Waals surface area contributed by atoms with E-state index >= 15 is 0 Å². The number of furan rings is 1. The number of hydrogen-bond acceptors (Lipinski definition) is 5. The van der Waals surface area contributed by atoms with Gasteiger partial charge in [-0.15, -0.1) is 0 Å². The number of hydrogen-bond donors (Lipinski definition) is 0. The van der Waals surface area contributed by atoms with Crippen LogP contribution in [0.3, 0.4) is 0 Å². The molecule has 0 bridgehead atoms. The van der Waals surface area contributed by atoms with Crippen LogP contribution < -0.4 is 0 Å². The van der Waals surface area contributed by atoms with Crippen molar-refractivity contribution in [1.29, 1.82) is 0 Å². The van der Waals surface area contributed by atoms with Crippen molar-refractivity contribution in [2.75, 3.05) is 0 Å². The second-order valence-corrected chi connectivity index (χ2v) is 13.8. The zero-order valence-electron chi connectivity index (χ0n) is 30.0. The van der Waals surface area contributed by atoms with Crippen LogP contribution in [0.15, 0.2) is 192 Å². The normalized spacial score (nSPS) is 11.6. The van der Waals surface area contributed by atoms with Gasteiger partial charge >= 0.3 is 0 Å². The minimum absolute atomic E-state index is 0.621. The molecular formula is C50H31N5O. The first kappa shape index (κ1) is 31.8. The van der Waals surface area contributed by atoms with Crippen molar-refractivity contribution in [3.05, 3.63) is 188 Å². The van der Waals surface area contributed by atoms with Crippen LogP contribution in [0.1, 0.15) is 0 Å². The number of fused-ring (bicyclic) bond motifs is 7. The number of aromatic nitrogens is 5. The van der Waals surface area contributed by atoms with Crippen LogP contribution in [0, 0.1) is 0 Å². The van der Waals surface area contributed by atoms with E-state index < -0.39 is 0 Å². The van der Waals surface area contributed by atoms with Crippen molar-refractivity contribution in [3.63, 3.8) is 0 Å². The van der Waals surface area contributed by atoms with Crippen LogP contribution in [0.2, 0.25) is 0 Å². The highest BCUT2D eigenvalue weighted by Crippen LogP contribution is 2.45. The van der Waals surface area contributed by atoms with E-state index in [4.69, 9.17) is 24.4 Å². The molecule has 6 heteroatoms. The first-order chi connectivity index (χ1) is 27.8. The molecule has 0 fully saturated rings. The smallest absolute Gasteiger partial charge is 0.164 e. The summed E-state index contributed by atoms with van der Waals surface area (Å²) in [6.45, 7) is 0. The molecule has 56 heavy (non-hydrogen) atoms. The van der Waals surface area contributed by atoms with Gasteiger partial charge in [-0.3, -0.25) is 0 Å². The van der Waals surface area contributed by atoms with Crippen LogP contribution >= 0.6 is 0 Å². The van der Waals surface area contributed by atoms with Gasteiger partial charge in [-0.25, -0.2) is 19.9 Å². The fraction of sp³-hybridized carbons (Fsp3) is 0. The second kappa shape index (κ2) is 13.0. The van der Waals surface area contributed by atoms with Gasteiger partial charge in [0.15, 0.2) is 23.1 Å². The first-order valence-corrected chi connectivity index (χ1v) is 18.6. The summed E-state index contributed by atoms with van der Waals surface area (Å²) < 4.78 is 9.34. The summed E-state index contributed by atoms with van der Waals surface area (Å²) in [4.78, 5) is 20.1. The molecule has 4 aromatic heterocycles. The molecule has 0 unspecified atom stereocenters. The van der Waals surface area contributed by atoms with Crippen LogP contribution in [0.4, 0.5) is 0 Å². The standard InChI is InChI=1S/C50H31N5O/c1-5-15-33(16-6-1)44-43-45-47(39-23-13-14-24-42(39)55(45)38-21-11-4-12-22-38)56-46(43)40-31-37(29-30-41(40)51-44)32-25-27-36(28-26-32)50-53-48(34-17-7-2-8-18-34)52-49(54-50)35-19-9-3-10-20-35/h1-31H. The maximum atomic E-state index is 7.02. The minimum atomic E-state index is 0.621. The van der Waals surface area contributed by atoms with Gasteiger partial charge in [-0.05, 0) is 47.5 Å². The third-order valence-electron chi connectivity index (χ3n) is 10.4. The maximum Gasteiger partial charge on any atom is 0.164 e. The number of pyridine rings is 1. The molecule has 11 aromatic rings. The molecule has 0 radical (unpaired) electrons. The monoisotopic (exact) mass is 717 g/mol. The van der Waals surface area contributed by atoms with E-state index in [0.717, 1.165) is 88.6 Å². The molecule has 0 amide bonds. The molecule has 6 nitrogen and oxygen atoms in total. The van der Waals surface area contributed by atoms with Gasteiger partial charge in [0.25, 0.3) is 0 Å². The van der Waals surface area contributed by atoms with Crippen LogP contribution in [-0.4, -0.2) is 24.5 Å². The largest absolute Gasteiger partial charge is 0.453 e. The van der Waals surface area contributed by atoms with Crippen molar-refractivity contribution in [2.45, 2.75) is 0 Å². The third kappa shape index (κ3) is 5.27. The van der Waals surface area contributed by atoms with Gasteiger partial charge in [-0.1, -0.05) is 152 Å². The molecule has 0 spiro atoms. The van der Waals surface area contributed by atoms with Gasteiger partial charge < -0.3 is 8.98 Å². The highest BCUT2D eigenvalue weighted by atomic mass is 16.3. The molecule has 262 valence electrons. The molecule has 0 atom stereocenters. The van der Waals surface area contributed by atoms with E-state index in [9.17, 15) is 0 Å². The Morgan fingerprint density at radius 2 is 0.875 bits per heavy atom.